The quantitative estimate of drug-likeness (QED) is 0.103. The van der Waals surface area contributed by atoms with Crippen LogP contribution in [0.3, 0.4) is 0 Å². The van der Waals surface area contributed by atoms with Gasteiger partial charge < -0.3 is 10.9 Å². The Bertz CT molecular complexity index is 117. The van der Waals surface area contributed by atoms with Crippen molar-refractivity contribution < 1.29 is 14.7 Å². The van der Waals surface area contributed by atoms with E-state index in [0.717, 1.165) is 6.08 Å². The Balaban J connectivity index is 0. The van der Waals surface area contributed by atoms with E-state index in [0.29, 0.717) is 0 Å². The molecule has 0 heterocycles. The summed E-state index contributed by atoms with van der Waals surface area (Å²) in [4.78, 5) is 17.9. The molecule has 0 aliphatic rings. The van der Waals surface area contributed by atoms with Crippen molar-refractivity contribution in [3.8, 4) is 0 Å². The van der Waals surface area contributed by atoms with E-state index in [9.17, 15) is 0 Å². The first-order chi connectivity index (χ1) is 4.18. The molecule has 0 rings (SSSR count). The fourth-order valence-corrected chi connectivity index (χ4v) is 0. The van der Waals surface area contributed by atoms with E-state index in [2.05, 4.69) is 16.8 Å². The molecule has 0 unspecified atom stereocenters. The first-order valence-corrected chi connectivity index (χ1v) is 1.65. The smallest absolute Gasteiger partial charge is 0.418 e. The lowest BCUT2D eigenvalue weighted by atomic mass is 11.3. The third-order valence-corrected chi connectivity index (χ3v) is 0.176. The molecular formula is C2H6N4O3. The molecule has 0 aliphatic heterocycles. The minimum absolute atomic E-state index is 1.08. The summed E-state index contributed by atoms with van der Waals surface area (Å²) in [5.41, 5.74) is 1.44. The van der Waals surface area contributed by atoms with E-state index in [1.165, 1.54) is 5.43 Å². The number of isocyanates is 1. The third-order valence-electron chi connectivity index (χ3n) is 0.176. The summed E-state index contributed by atoms with van der Waals surface area (Å²) in [5.74, 6) is 8.55. The van der Waals surface area contributed by atoms with Gasteiger partial charge in [0.15, 0.2) is 0 Å². The van der Waals surface area contributed by atoms with Gasteiger partial charge in [0.25, 0.3) is 6.08 Å². The summed E-state index contributed by atoms with van der Waals surface area (Å²) in [5, 5.41) is 9.92. The van der Waals surface area contributed by atoms with Crippen LogP contribution in [0.5, 0.6) is 0 Å². The lowest BCUT2D eigenvalue weighted by molar-refractivity contribution is 0.194. The Morgan fingerprint density at radius 1 is 1.78 bits per heavy atom. The number of hydrogen-bond acceptors (Lipinski definition) is 5. The molecule has 0 aliphatic carbocycles. The van der Waals surface area contributed by atoms with E-state index >= 15 is 0 Å². The lowest BCUT2D eigenvalue weighted by Gasteiger charge is -1.79. The SMILES string of the molecule is NN=C=O.NNC(=O)O. The van der Waals surface area contributed by atoms with Gasteiger partial charge in [-0.25, -0.2) is 15.4 Å². The van der Waals surface area contributed by atoms with Crippen LogP contribution in [-0.4, -0.2) is 17.3 Å². The number of hydrogen-bond donors (Lipinski definition) is 4. The zero-order valence-electron chi connectivity index (χ0n) is 4.37. The molecule has 0 fully saturated rings. The Kier molecular flexibility index (Phi) is 11.1. The Morgan fingerprint density at radius 3 is 2.00 bits per heavy atom. The summed E-state index contributed by atoms with van der Waals surface area (Å²) in [7, 11) is 0. The van der Waals surface area contributed by atoms with Crippen molar-refractivity contribution in [2.75, 3.05) is 0 Å². The molecule has 0 bridgehead atoms. The molecule has 0 aromatic rings. The van der Waals surface area contributed by atoms with Gasteiger partial charge in [-0.2, -0.15) is 0 Å². The first-order valence-electron chi connectivity index (χ1n) is 1.65. The molecular weight excluding hydrogens is 128 g/mol. The summed E-state index contributed by atoms with van der Waals surface area (Å²) in [6.07, 6.45) is -0.134. The van der Waals surface area contributed by atoms with Crippen molar-refractivity contribution >= 4 is 12.2 Å². The summed E-state index contributed by atoms with van der Waals surface area (Å²) in [6, 6.07) is 0. The molecule has 7 nitrogen and oxygen atoms in total. The number of amides is 1. The van der Waals surface area contributed by atoms with Crippen LogP contribution in [-0.2, 0) is 4.79 Å². The molecule has 0 spiro atoms. The van der Waals surface area contributed by atoms with Crippen molar-refractivity contribution in [2.24, 2.45) is 16.8 Å². The van der Waals surface area contributed by atoms with Crippen molar-refractivity contribution in [1.82, 2.24) is 5.43 Å². The lowest BCUT2D eigenvalue weighted by Crippen LogP contribution is -2.27. The van der Waals surface area contributed by atoms with Crippen LogP contribution in [0.25, 0.3) is 0 Å². The third kappa shape index (κ3) is 62.7. The molecule has 0 aromatic carbocycles. The number of carboxylic acid groups (broad SMARTS) is 1. The van der Waals surface area contributed by atoms with Crippen LogP contribution in [0.4, 0.5) is 4.79 Å². The second kappa shape index (κ2) is 9.65. The van der Waals surface area contributed by atoms with Crippen LogP contribution in [0.15, 0.2) is 5.10 Å². The van der Waals surface area contributed by atoms with Gasteiger partial charge in [0.2, 0.25) is 0 Å². The minimum Gasteiger partial charge on any atom is -0.464 e. The van der Waals surface area contributed by atoms with Crippen LogP contribution in [0.1, 0.15) is 0 Å². The Hall–Kier alpha value is -1.59. The van der Waals surface area contributed by atoms with Crippen LogP contribution >= 0.6 is 0 Å². The number of rotatable bonds is 0. The molecule has 52 valence electrons. The fraction of sp³-hybridized carbons (Fsp3) is 0. The van der Waals surface area contributed by atoms with Gasteiger partial charge in [0.05, 0.1) is 0 Å². The minimum atomic E-state index is -1.22. The second-order valence-corrected chi connectivity index (χ2v) is 0.670. The van der Waals surface area contributed by atoms with E-state index in [1.807, 2.05) is 0 Å². The zero-order valence-corrected chi connectivity index (χ0v) is 4.37. The highest BCUT2D eigenvalue weighted by Crippen LogP contribution is 1.42. The summed E-state index contributed by atoms with van der Waals surface area (Å²) < 4.78 is 0. The van der Waals surface area contributed by atoms with E-state index in [1.54, 1.807) is 0 Å². The number of hydrazone groups is 1. The summed E-state index contributed by atoms with van der Waals surface area (Å²) in [6.45, 7) is 0. The number of nitrogens with one attached hydrogen (secondary N) is 1. The van der Waals surface area contributed by atoms with Gasteiger partial charge in [0, 0.05) is 0 Å². The van der Waals surface area contributed by atoms with Crippen molar-refractivity contribution in [1.29, 1.82) is 0 Å². The highest BCUT2D eigenvalue weighted by molar-refractivity contribution is 5.63. The zero-order chi connectivity index (χ0) is 7.70. The predicted molar refractivity (Wildman–Crippen MR) is 27.7 cm³/mol. The van der Waals surface area contributed by atoms with Gasteiger partial charge in [-0.05, 0) is 0 Å². The number of nitrogens with two attached hydrogens (primary N) is 2. The normalized spacial score (nSPS) is 5.44. The van der Waals surface area contributed by atoms with Gasteiger partial charge in [0.1, 0.15) is 0 Å². The molecule has 9 heavy (non-hydrogen) atoms. The Labute approximate surface area is 50.3 Å². The van der Waals surface area contributed by atoms with Crippen LogP contribution in [0, 0.1) is 0 Å². The topological polar surface area (TPSA) is 131 Å². The number of carbonyl (C=O) groups excluding carboxylic acids is 1. The largest absolute Gasteiger partial charge is 0.464 e. The predicted octanol–water partition coefficient (Wildman–Crippen LogP) is -1.68. The number of hydrazine groups is 1. The molecule has 0 radical (unpaired) electrons. The maximum absolute atomic E-state index is 9.13. The van der Waals surface area contributed by atoms with E-state index in [4.69, 9.17) is 14.7 Å². The molecule has 7 heteroatoms. The van der Waals surface area contributed by atoms with Crippen molar-refractivity contribution in [3.05, 3.63) is 0 Å². The van der Waals surface area contributed by atoms with Crippen LogP contribution < -0.4 is 17.1 Å². The second-order valence-electron chi connectivity index (χ2n) is 0.670. The van der Waals surface area contributed by atoms with Gasteiger partial charge in [-0.1, -0.05) is 5.10 Å². The fourth-order valence-electron chi connectivity index (χ4n) is 0. The standard InChI is InChI=1S/CH4N2O2.CH2N2O/c2-3-1(4)5;2-3-1-4/h3H,2H2,(H,4,5);2H2. The van der Waals surface area contributed by atoms with Crippen molar-refractivity contribution in [3.63, 3.8) is 0 Å². The van der Waals surface area contributed by atoms with Crippen LogP contribution in [0.2, 0.25) is 0 Å². The highest BCUT2D eigenvalue weighted by Gasteiger charge is 1.77. The molecule has 0 atom stereocenters. The van der Waals surface area contributed by atoms with Gasteiger partial charge in [-0.3, -0.25) is 5.43 Å². The highest BCUT2D eigenvalue weighted by atomic mass is 16.4. The first kappa shape index (κ1) is 10.4. The van der Waals surface area contributed by atoms with Crippen molar-refractivity contribution in [2.45, 2.75) is 0 Å². The molecule has 0 aromatic heterocycles. The maximum atomic E-state index is 9.13. The number of carbonyl (C=O) groups is 1. The van der Waals surface area contributed by atoms with E-state index in [-0.39, 0.29) is 0 Å². The Morgan fingerprint density at radius 2 is 2.00 bits per heavy atom. The molecule has 0 saturated heterocycles. The van der Waals surface area contributed by atoms with Gasteiger partial charge in [-0.15, -0.1) is 0 Å². The molecule has 0 saturated carbocycles. The number of nitrogens with zero attached hydrogens (tertiary/aromatic N) is 1. The monoisotopic (exact) mass is 134 g/mol. The molecule has 6 N–H and O–H groups in total. The summed E-state index contributed by atoms with van der Waals surface area (Å²) >= 11 is 0. The van der Waals surface area contributed by atoms with E-state index < -0.39 is 6.09 Å². The average molecular weight is 134 g/mol. The average Bonchev–Trinajstić information content (AvgIpc) is 1.89. The van der Waals surface area contributed by atoms with Gasteiger partial charge >= 0.3 is 6.09 Å². The maximum Gasteiger partial charge on any atom is 0.418 e. The molecule has 1 amide bonds.